The Labute approximate surface area is 142 Å². The summed E-state index contributed by atoms with van der Waals surface area (Å²) in [6.45, 7) is 13.5. The average molecular weight is 316 g/mol. The molecule has 0 saturated carbocycles. The standard InChI is InChI=1S/C20H33N3/c1-18-8-9-19(2)23(18)17-16-22-14-12-21(13-15-22)11-10-20-6-4-3-5-7-20/h3-7,18-19H,8-17H2,1-2H3. The zero-order valence-electron chi connectivity index (χ0n) is 15.0. The van der Waals surface area contributed by atoms with Crippen LogP contribution in [0.25, 0.3) is 0 Å². The third kappa shape index (κ3) is 4.79. The van der Waals surface area contributed by atoms with E-state index in [-0.39, 0.29) is 0 Å². The molecule has 2 aliphatic rings. The van der Waals surface area contributed by atoms with Gasteiger partial charge in [-0.1, -0.05) is 30.3 Å². The average Bonchev–Trinajstić information content (AvgIpc) is 2.91. The molecule has 0 spiro atoms. The number of piperazine rings is 1. The van der Waals surface area contributed by atoms with Crippen LogP contribution in [0, 0.1) is 0 Å². The van der Waals surface area contributed by atoms with Crippen molar-refractivity contribution in [3.63, 3.8) is 0 Å². The topological polar surface area (TPSA) is 9.72 Å². The monoisotopic (exact) mass is 315 g/mol. The predicted molar refractivity (Wildman–Crippen MR) is 97.9 cm³/mol. The molecule has 3 heteroatoms. The molecule has 0 radical (unpaired) electrons. The molecule has 1 aromatic carbocycles. The second-order valence-corrected chi connectivity index (χ2v) is 7.43. The molecule has 2 unspecified atom stereocenters. The molecule has 0 aliphatic carbocycles. The number of likely N-dealkylation sites (tertiary alicyclic amines) is 1. The minimum atomic E-state index is 0.789. The molecule has 1 aromatic rings. The number of nitrogens with zero attached hydrogens (tertiary/aromatic N) is 3. The number of hydrogen-bond donors (Lipinski definition) is 0. The van der Waals surface area contributed by atoms with Gasteiger partial charge in [0.1, 0.15) is 0 Å². The van der Waals surface area contributed by atoms with Crippen molar-refractivity contribution in [1.29, 1.82) is 0 Å². The molecule has 0 aromatic heterocycles. The first kappa shape index (κ1) is 16.9. The SMILES string of the molecule is CC1CCC(C)N1CCN1CCN(CCc2ccccc2)CC1. The zero-order chi connectivity index (χ0) is 16.1. The van der Waals surface area contributed by atoms with Gasteiger partial charge in [-0.15, -0.1) is 0 Å². The van der Waals surface area contributed by atoms with E-state index in [1.807, 2.05) is 0 Å². The van der Waals surface area contributed by atoms with Crippen molar-refractivity contribution < 1.29 is 0 Å². The number of benzene rings is 1. The molecule has 128 valence electrons. The van der Waals surface area contributed by atoms with Crippen molar-refractivity contribution in [2.75, 3.05) is 45.8 Å². The van der Waals surface area contributed by atoms with Crippen LogP contribution in [0.4, 0.5) is 0 Å². The largest absolute Gasteiger partial charge is 0.300 e. The van der Waals surface area contributed by atoms with Gasteiger partial charge < -0.3 is 4.90 Å². The van der Waals surface area contributed by atoms with Crippen molar-refractivity contribution in [3.05, 3.63) is 35.9 Å². The Morgan fingerprint density at radius 1 is 0.783 bits per heavy atom. The summed E-state index contributed by atoms with van der Waals surface area (Å²) in [5, 5.41) is 0. The molecule has 2 fully saturated rings. The second-order valence-electron chi connectivity index (χ2n) is 7.43. The van der Waals surface area contributed by atoms with Crippen molar-refractivity contribution in [1.82, 2.24) is 14.7 Å². The van der Waals surface area contributed by atoms with E-state index in [9.17, 15) is 0 Å². The fourth-order valence-electron chi connectivity index (χ4n) is 4.11. The lowest BCUT2D eigenvalue weighted by atomic mass is 10.1. The Morgan fingerprint density at radius 3 is 1.96 bits per heavy atom. The molecule has 2 heterocycles. The first-order valence-corrected chi connectivity index (χ1v) is 9.47. The minimum absolute atomic E-state index is 0.789. The summed E-state index contributed by atoms with van der Waals surface area (Å²) in [5.74, 6) is 0. The molecule has 0 bridgehead atoms. The Morgan fingerprint density at radius 2 is 1.35 bits per heavy atom. The lowest BCUT2D eigenvalue weighted by Gasteiger charge is -2.36. The van der Waals surface area contributed by atoms with E-state index in [0.29, 0.717) is 0 Å². The Balaban J connectivity index is 1.34. The molecule has 2 atom stereocenters. The van der Waals surface area contributed by atoms with Crippen LogP contribution in [-0.2, 0) is 6.42 Å². The van der Waals surface area contributed by atoms with Gasteiger partial charge in [-0.05, 0) is 38.7 Å². The van der Waals surface area contributed by atoms with Gasteiger partial charge in [0.2, 0.25) is 0 Å². The smallest absolute Gasteiger partial charge is 0.0115 e. The molecule has 3 nitrogen and oxygen atoms in total. The fraction of sp³-hybridized carbons (Fsp3) is 0.700. The van der Waals surface area contributed by atoms with Crippen LogP contribution in [0.1, 0.15) is 32.3 Å². The highest BCUT2D eigenvalue weighted by Gasteiger charge is 2.27. The molecule has 0 N–H and O–H groups in total. The first-order chi connectivity index (χ1) is 11.2. The summed E-state index contributed by atoms with van der Waals surface area (Å²) in [4.78, 5) is 8.00. The number of hydrogen-bond acceptors (Lipinski definition) is 3. The maximum Gasteiger partial charge on any atom is 0.0115 e. The summed E-state index contributed by atoms with van der Waals surface area (Å²) in [6, 6.07) is 12.5. The Bertz CT molecular complexity index is 443. The zero-order valence-corrected chi connectivity index (χ0v) is 15.0. The van der Waals surface area contributed by atoms with Crippen molar-refractivity contribution >= 4 is 0 Å². The first-order valence-electron chi connectivity index (χ1n) is 9.47. The predicted octanol–water partition coefficient (Wildman–Crippen LogP) is 2.72. The van der Waals surface area contributed by atoms with Crippen molar-refractivity contribution in [2.45, 2.75) is 45.2 Å². The van der Waals surface area contributed by atoms with Crippen LogP contribution in [-0.4, -0.2) is 72.6 Å². The highest BCUT2D eigenvalue weighted by molar-refractivity contribution is 5.14. The summed E-state index contributed by atoms with van der Waals surface area (Å²) in [7, 11) is 0. The van der Waals surface area contributed by atoms with E-state index < -0.39 is 0 Å². The van der Waals surface area contributed by atoms with Crippen LogP contribution < -0.4 is 0 Å². The molecule has 0 amide bonds. The van der Waals surface area contributed by atoms with E-state index >= 15 is 0 Å². The Kier molecular flexibility index (Phi) is 6.09. The van der Waals surface area contributed by atoms with E-state index in [1.54, 1.807) is 0 Å². The van der Waals surface area contributed by atoms with Crippen molar-refractivity contribution in [3.8, 4) is 0 Å². The highest BCUT2D eigenvalue weighted by Crippen LogP contribution is 2.22. The number of rotatable bonds is 6. The van der Waals surface area contributed by atoms with Crippen LogP contribution in [0.2, 0.25) is 0 Å². The third-order valence-corrected chi connectivity index (χ3v) is 5.83. The summed E-state index contributed by atoms with van der Waals surface area (Å²) < 4.78 is 0. The van der Waals surface area contributed by atoms with Gasteiger partial charge in [0, 0.05) is 57.9 Å². The lowest BCUT2D eigenvalue weighted by molar-refractivity contribution is 0.110. The maximum absolute atomic E-state index is 2.71. The highest BCUT2D eigenvalue weighted by atomic mass is 15.3. The van der Waals surface area contributed by atoms with Crippen LogP contribution in [0.5, 0.6) is 0 Å². The summed E-state index contributed by atoms with van der Waals surface area (Å²) >= 11 is 0. The van der Waals surface area contributed by atoms with Gasteiger partial charge >= 0.3 is 0 Å². The lowest BCUT2D eigenvalue weighted by Crippen LogP contribution is -2.49. The van der Waals surface area contributed by atoms with Crippen LogP contribution in [0.15, 0.2) is 30.3 Å². The van der Waals surface area contributed by atoms with E-state index in [4.69, 9.17) is 0 Å². The minimum Gasteiger partial charge on any atom is -0.300 e. The molecule has 23 heavy (non-hydrogen) atoms. The van der Waals surface area contributed by atoms with Gasteiger partial charge in [-0.25, -0.2) is 0 Å². The molecular formula is C20H33N3. The third-order valence-electron chi connectivity index (χ3n) is 5.83. The van der Waals surface area contributed by atoms with Crippen LogP contribution >= 0.6 is 0 Å². The van der Waals surface area contributed by atoms with Gasteiger partial charge in [0.15, 0.2) is 0 Å². The normalized spacial score (nSPS) is 27.6. The fourth-order valence-corrected chi connectivity index (χ4v) is 4.11. The van der Waals surface area contributed by atoms with E-state index in [0.717, 1.165) is 12.1 Å². The van der Waals surface area contributed by atoms with Gasteiger partial charge in [0.25, 0.3) is 0 Å². The van der Waals surface area contributed by atoms with Gasteiger partial charge in [-0.2, -0.15) is 0 Å². The van der Waals surface area contributed by atoms with Gasteiger partial charge in [-0.3, -0.25) is 9.80 Å². The molecule has 2 saturated heterocycles. The van der Waals surface area contributed by atoms with E-state index in [2.05, 4.69) is 58.9 Å². The second kappa shape index (κ2) is 8.27. The molecular weight excluding hydrogens is 282 g/mol. The quantitative estimate of drug-likeness (QED) is 0.799. The van der Waals surface area contributed by atoms with E-state index in [1.165, 1.54) is 70.6 Å². The molecule has 2 aliphatic heterocycles. The summed E-state index contributed by atoms with van der Waals surface area (Å²) in [6.07, 6.45) is 3.95. The Hall–Kier alpha value is -0.900. The maximum atomic E-state index is 2.71. The summed E-state index contributed by atoms with van der Waals surface area (Å²) in [5.41, 5.74) is 1.46. The van der Waals surface area contributed by atoms with Gasteiger partial charge in [0.05, 0.1) is 0 Å². The van der Waals surface area contributed by atoms with Crippen LogP contribution in [0.3, 0.4) is 0 Å². The van der Waals surface area contributed by atoms with Crippen molar-refractivity contribution in [2.24, 2.45) is 0 Å². The molecule has 3 rings (SSSR count).